The molecule has 1 aliphatic rings. The Morgan fingerprint density at radius 2 is 2.30 bits per heavy atom. The van der Waals surface area contributed by atoms with Crippen LogP contribution >= 0.6 is 23.1 Å². The van der Waals surface area contributed by atoms with Crippen molar-refractivity contribution < 1.29 is 9.84 Å². The van der Waals surface area contributed by atoms with Gasteiger partial charge in [-0.25, -0.2) is 0 Å². The molecule has 2 heterocycles. The summed E-state index contributed by atoms with van der Waals surface area (Å²) in [6.07, 6.45) is 2.43. The molecular formula is C13H17N3O2S2. The van der Waals surface area contributed by atoms with Gasteiger partial charge in [-0.15, -0.1) is 21.5 Å². The number of rotatable bonds is 8. The van der Waals surface area contributed by atoms with E-state index in [0.717, 1.165) is 16.7 Å². The van der Waals surface area contributed by atoms with Crippen LogP contribution in [0.15, 0.2) is 22.7 Å². The average molecular weight is 311 g/mol. The molecule has 1 saturated carbocycles. The fourth-order valence-corrected chi connectivity index (χ4v) is 3.53. The lowest BCUT2D eigenvalue weighted by Gasteiger charge is -2.07. The van der Waals surface area contributed by atoms with E-state index in [-0.39, 0.29) is 6.61 Å². The first-order chi connectivity index (χ1) is 9.90. The largest absolute Gasteiger partial charge is 0.394 e. The lowest BCUT2D eigenvalue weighted by Crippen LogP contribution is -2.04. The normalized spacial score (nSPS) is 14.8. The molecule has 1 aliphatic carbocycles. The summed E-state index contributed by atoms with van der Waals surface area (Å²) in [6.45, 7) is 1.10. The van der Waals surface area contributed by atoms with Crippen LogP contribution in [0.25, 0.3) is 10.7 Å². The highest BCUT2D eigenvalue weighted by molar-refractivity contribution is 7.99. The van der Waals surface area contributed by atoms with Gasteiger partial charge >= 0.3 is 0 Å². The van der Waals surface area contributed by atoms with Crippen molar-refractivity contribution in [2.24, 2.45) is 0 Å². The lowest BCUT2D eigenvalue weighted by atomic mass is 10.4. The molecule has 0 aliphatic heterocycles. The molecule has 2 aromatic rings. The molecule has 3 rings (SSSR count). The molecule has 20 heavy (non-hydrogen) atoms. The summed E-state index contributed by atoms with van der Waals surface area (Å²) in [5, 5.41) is 20.4. The summed E-state index contributed by atoms with van der Waals surface area (Å²) in [5.41, 5.74) is 0. The summed E-state index contributed by atoms with van der Waals surface area (Å²) < 4.78 is 7.54. The van der Waals surface area contributed by atoms with Gasteiger partial charge in [0.25, 0.3) is 0 Å². The van der Waals surface area contributed by atoms with Crippen molar-refractivity contribution in [2.75, 3.05) is 25.6 Å². The number of nitrogens with zero attached hydrogens (tertiary/aromatic N) is 3. The number of aliphatic hydroxyl groups is 1. The molecule has 0 aromatic carbocycles. The van der Waals surface area contributed by atoms with E-state index in [1.54, 1.807) is 23.1 Å². The van der Waals surface area contributed by atoms with Crippen molar-refractivity contribution >= 4 is 23.1 Å². The van der Waals surface area contributed by atoms with Gasteiger partial charge in [0.15, 0.2) is 11.0 Å². The predicted octanol–water partition coefficient (Wildman–Crippen LogP) is 2.44. The Morgan fingerprint density at radius 1 is 1.40 bits per heavy atom. The van der Waals surface area contributed by atoms with E-state index < -0.39 is 0 Å². The second-order valence-electron chi connectivity index (χ2n) is 4.57. The minimum atomic E-state index is 0.0749. The van der Waals surface area contributed by atoms with Gasteiger partial charge in [0, 0.05) is 11.8 Å². The van der Waals surface area contributed by atoms with Crippen LogP contribution in [0, 0.1) is 0 Å². The Hall–Kier alpha value is -0.890. The summed E-state index contributed by atoms with van der Waals surface area (Å²) in [7, 11) is 0. The third-order valence-corrected chi connectivity index (χ3v) is 4.79. The number of thioether (sulfide) groups is 1. The highest BCUT2D eigenvalue weighted by Gasteiger charge is 2.30. The van der Waals surface area contributed by atoms with Crippen molar-refractivity contribution in [1.82, 2.24) is 14.8 Å². The zero-order chi connectivity index (χ0) is 13.8. The first-order valence-corrected chi connectivity index (χ1v) is 8.57. The first-order valence-electron chi connectivity index (χ1n) is 6.70. The van der Waals surface area contributed by atoms with Gasteiger partial charge in [0.2, 0.25) is 0 Å². The van der Waals surface area contributed by atoms with E-state index in [4.69, 9.17) is 9.84 Å². The summed E-state index contributed by atoms with van der Waals surface area (Å²) in [5.74, 6) is 1.82. The van der Waals surface area contributed by atoms with Crippen LogP contribution in [0.3, 0.4) is 0 Å². The topological polar surface area (TPSA) is 60.2 Å². The zero-order valence-electron chi connectivity index (χ0n) is 11.1. The van der Waals surface area contributed by atoms with E-state index in [2.05, 4.69) is 26.2 Å². The molecule has 0 saturated heterocycles. The lowest BCUT2D eigenvalue weighted by molar-refractivity contribution is 0.103. The number of hydrogen-bond acceptors (Lipinski definition) is 6. The maximum absolute atomic E-state index is 8.66. The summed E-state index contributed by atoms with van der Waals surface area (Å²) in [6, 6.07) is 4.69. The smallest absolute Gasteiger partial charge is 0.191 e. The van der Waals surface area contributed by atoms with E-state index >= 15 is 0 Å². The number of ether oxygens (including phenoxy) is 1. The molecule has 0 atom stereocenters. The molecular weight excluding hydrogens is 294 g/mol. The Balaban J connectivity index is 1.68. The second-order valence-corrected chi connectivity index (χ2v) is 6.58. The SMILES string of the molecule is OCCOCCSc1nnc(-c2cccs2)n1C1CC1. The summed E-state index contributed by atoms with van der Waals surface area (Å²) >= 11 is 3.37. The van der Waals surface area contributed by atoms with Gasteiger partial charge in [-0.05, 0) is 24.3 Å². The monoisotopic (exact) mass is 311 g/mol. The minimum absolute atomic E-state index is 0.0749. The molecule has 5 nitrogen and oxygen atoms in total. The maximum Gasteiger partial charge on any atom is 0.191 e. The van der Waals surface area contributed by atoms with Gasteiger partial charge < -0.3 is 9.84 Å². The fourth-order valence-electron chi connectivity index (χ4n) is 1.97. The molecule has 0 spiro atoms. The Bertz CT molecular complexity index is 538. The van der Waals surface area contributed by atoms with Crippen LogP contribution in [0.1, 0.15) is 18.9 Å². The number of aliphatic hydroxyl groups excluding tert-OH is 1. The van der Waals surface area contributed by atoms with Gasteiger partial charge in [-0.2, -0.15) is 0 Å². The van der Waals surface area contributed by atoms with Crippen LogP contribution in [0.5, 0.6) is 0 Å². The van der Waals surface area contributed by atoms with E-state index in [0.29, 0.717) is 19.3 Å². The Kier molecular flexibility index (Phi) is 4.72. The van der Waals surface area contributed by atoms with Gasteiger partial charge in [-0.1, -0.05) is 17.8 Å². The Morgan fingerprint density at radius 3 is 3.00 bits per heavy atom. The molecule has 108 valence electrons. The highest BCUT2D eigenvalue weighted by Crippen LogP contribution is 2.41. The van der Waals surface area contributed by atoms with Crippen LogP contribution in [-0.4, -0.2) is 45.4 Å². The molecule has 7 heteroatoms. The predicted molar refractivity (Wildman–Crippen MR) is 80.2 cm³/mol. The number of hydrogen-bond donors (Lipinski definition) is 1. The molecule has 0 unspecified atom stereocenters. The number of aromatic nitrogens is 3. The van der Waals surface area contributed by atoms with Crippen molar-refractivity contribution in [3.63, 3.8) is 0 Å². The van der Waals surface area contributed by atoms with Crippen molar-refractivity contribution in [3.8, 4) is 10.7 Å². The van der Waals surface area contributed by atoms with Crippen molar-refractivity contribution in [1.29, 1.82) is 0 Å². The van der Waals surface area contributed by atoms with E-state index in [1.165, 1.54) is 17.7 Å². The fraction of sp³-hybridized carbons (Fsp3) is 0.538. The van der Waals surface area contributed by atoms with Crippen LogP contribution in [-0.2, 0) is 4.74 Å². The molecule has 2 aromatic heterocycles. The molecule has 0 radical (unpaired) electrons. The van der Waals surface area contributed by atoms with Gasteiger partial charge in [0.1, 0.15) is 0 Å². The molecule has 1 fully saturated rings. The van der Waals surface area contributed by atoms with Crippen LogP contribution < -0.4 is 0 Å². The quantitative estimate of drug-likeness (QED) is 0.599. The van der Waals surface area contributed by atoms with Crippen LogP contribution in [0.4, 0.5) is 0 Å². The zero-order valence-corrected chi connectivity index (χ0v) is 12.7. The standard InChI is InChI=1S/C13H17N3O2S2/c17-5-6-18-7-9-20-13-15-14-12(11-2-1-8-19-11)16(13)10-3-4-10/h1-2,8,10,17H,3-7,9H2. The van der Waals surface area contributed by atoms with Gasteiger partial charge in [0.05, 0.1) is 24.7 Å². The van der Waals surface area contributed by atoms with Crippen molar-refractivity contribution in [3.05, 3.63) is 17.5 Å². The minimum Gasteiger partial charge on any atom is -0.394 e. The maximum atomic E-state index is 8.66. The van der Waals surface area contributed by atoms with E-state index in [1.807, 2.05) is 6.07 Å². The molecule has 0 amide bonds. The first kappa shape index (κ1) is 14.1. The van der Waals surface area contributed by atoms with E-state index in [9.17, 15) is 0 Å². The number of thiophene rings is 1. The Labute approximate surface area is 126 Å². The molecule has 0 bridgehead atoms. The third-order valence-electron chi connectivity index (χ3n) is 3.01. The molecule has 1 N–H and O–H groups in total. The van der Waals surface area contributed by atoms with Gasteiger partial charge in [-0.3, -0.25) is 4.57 Å². The highest BCUT2D eigenvalue weighted by atomic mass is 32.2. The third kappa shape index (κ3) is 3.22. The van der Waals surface area contributed by atoms with Crippen molar-refractivity contribution in [2.45, 2.75) is 24.0 Å². The average Bonchev–Trinajstić information content (AvgIpc) is 3.00. The second kappa shape index (κ2) is 6.71. The summed E-state index contributed by atoms with van der Waals surface area (Å²) in [4.78, 5) is 1.17. The van der Waals surface area contributed by atoms with Crippen LogP contribution in [0.2, 0.25) is 0 Å².